The predicted molar refractivity (Wildman–Crippen MR) is 117 cm³/mol. The van der Waals surface area contributed by atoms with Gasteiger partial charge in [-0.15, -0.1) is 0 Å². The molecule has 1 aromatic carbocycles. The number of methoxy groups -OCH3 is 1. The Labute approximate surface area is 185 Å². The van der Waals surface area contributed by atoms with Gasteiger partial charge in [0.1, 0.15) is 23.5 Å². The Balaban J connectivity index is 1.44. The number of nitrogens with one attached hydrogen (secondary N) is 4. The highest BCUT2D eigenvalue weighted by molar-refractivity contribution is 6.01. The summed E-state index contributed by atoms with van der Waals surface area (Å²) >= 11 is 0. The average Bonchev–Trinajstić information content (AvgIpc) is 3.35. The highest BCUT2D eigenvalue weighted by Gasteiger charge is 2.33. The quantitative estimate of drug-likeness (QED) is 0.472. The summed E-state index contributed by atoms with van der Waals surface area (Å²) in [5.74, 6) is -0.126. The van der Waals surface area contributed by atoms with Crippen molar-refractivity contribution in [3.05, 3.63) is 30.0 Å². The van der Waals surface area contributed by atoms with Crippen molar-refractivity contribution >= 4 is 28.6 Å². The summed E-state index contributed by atoms with van der Waals surface area (Å²) < 4.78 is 5.34. The summed E-state index contributed by atoms with van der Waals surface area (Å²) in [5.41, 5.74) is 1.09. The van der Waals surface area contributed by atoms with Crippen LogP contribution in [-0.4, -0.2) is 48.4 Å². The minimum absolute atomic E-state index is 0.0865. The van der Waals surface area contributed by atoms with Gasteiger partial charge in [0.05, 0.1) is 13.2 Å². The van der Waals surface area contributed by atoms with Gasteiger partial charge in [-0.2, -0.15) is 5.26 Å². The first-order valence-corrected chi connectivity index (χ1v) is 10.9. The fourth-order valence-electron chi connectivity index (χ4n) is 4.15. The van der Waals surface area contributed by atoms with Gasteiger partial charge in [0, 0.05) is 23.4 Å². The number of fused-ring (bicyclic) bond motifs is 1. The van der Waals surface area contributed by atoms with E-state index in [2.05, 4.69) is 27.0 Å². The predicted octanol–water partition coefficient (Wildman–Crippen LogP) is 1.61. The largest absolute Gasteiger partial charge is 0.496 e. The van der Waals surface area contributed by atoms with Crippen LogP contribution in [0.2, 0.25) is 0 Å². The molecule has 32 heavy (non-hydrogen) atoms. The molecule has 0 unspecified atom stereocenters. The summed E-state index contributed by atoms with van der Waals surface area (Å²) in [5, 5.41) is 18.6. The van der Waals surface area contributed by atoms with E-state index < -0.39 is 23.9 Å². The smallest absolute Gasteiger partial charge is 0.268 e. The molecule has 0 spiro atoms. The molecular weight excluding hydrogens is 410 g/mol. The van der Waals surface area contributed by atoms with Crippen LogP contribution in [0.1, 0.15) is 42.6 Å². The third-order valence-corrected chi connectivity index (χ3v) is 6.13. The van der Waals surface area contributed by atoms with Gasteiger partial charge in [-0.25, -0.2) is 0 Å². The Hall–Kier alpha value is -3.54. The maximum atomic E-state index is 13.0. The number of amides is 3. The summed E-state index contributed by atoms with van der Waals surface area (Å²) in [6.07, 6.45) is 3.47. The number of nitriles is 1. The molecule has 1 saturated heterocycles. The van der Waals surface area contributed by atoms with E-state index in [0.29, 0.717) is 36.7 Å². The number of hydrogen-bond donors (Lipinski definition) is 4. The number of hydrogen-bond acceptors (Lipinski definition) is 5. The molecular formula is C23H27N5O4. The third kappa shape index (κ3) is 4.85. The monoisotopic (exact) mass is 437 g/mol. The Morgan fingerprint density at radius 1 is 1.25 bits per heavy atom. The van der Waals surface area contributed by atoms with E-state index in [0.717, 1.165) is 23.7 Å². The Kier molecular flexibility index (Phi) is 6.30. The first-order chi connectivity index (χ1) is 15.5. The van der Waals surface area contributed by atoms with E-state index in [4.69, 9.17) is 4.74 Å². The number of rotatable bonds is 9. The van der Waals surface area contributed by atoms with Crippen molar-refractivity contribution in [2.45, 2.75) is 44.2 Å². The maximum Gasteiger partial charge on any atom is 0.268 e. The zero-order valence-corrected chi connectivity index (χ0v) is 17.9. The van der Waals surface area contributed by atoms with Gasteiger partial charge in [0.25, 0.3) is 5.91 Å². The zero-order valence-electron chi connectivity index (χ0n) is 17.9. The van der Waals surface area contributed by atoms with Gasteiger partial charge in [-0.1, -0.05) is 18.9 Å². The molecule has 168 valence electrons. The van der Waals surface area contributed by atoms with Gasteiger partial charge >= 0.3 is 0 Å². The number of aromatic amines is 1. The molecule has 2 fully saturated rings. The third-order valence-electron chi connectivity index (χ3n) is 6.13. The number of carbonyl (C=O) groups excluding carboxylic acids is 3. The number of aromatic nitrogens is 1. The molecule has 4 N–H and O–H groups in total. The lowest BCUT2D eigenvalue weighted by atomic mass is 9.98. The Morgan fingerprint density at radius 2 is 2.06 bits per heavy atom. The van der Waals surface area contributed by atoms with E-state index >= 15 is 0 Å². The number of nitrogens with zero attached hydrogens (tertiary/aromatic N) is 1. The molecule has 1 aliphatic carbocycles. The van der Waals surface area contributed by atoms with Gasteiger partial charge in [0.15, 0.2) is 0 Å². The molecule has 0 bridgehead atoms. The minimum atomic E-state index is -0.785. The van der Waals surface area contributed by atoms with E-state index in [1.165, 1.54) is 0 Å². The van der Waals surface area contributed by atoms with Crippen LogP contribution in [0.15, 0.2) is 24.3 Å². The SMILES string of the molecule is COc1cccc2[nH]c(C(=O)N[C@@H](CC3CC3)C(=O)N[C@H](C#N)C[C@@H]3CCNC3=O)cc12. The molecule has 1 aromatic heterocycles. The standard InChI is InChI=1S/C23H27N5O4/c1-32-20-4-2-3-17-16(20)11-19(27-17)23(31)28-18(9-13-5-6-13)22(30)26-15(12-24)10-14-7-8-25-21(14)29/h2-4,11,13-15,18,27H,5-10H2,1H3,(H,25,29)(H,26,30)(H,28,31)/t14-,15-,18-/m0/s1. The fraction of sp³-hybridized carbons (Fsp3) is 0.478. The fourth-order valence-corrected chi connectivity index (χ4v) is 4.15. The van der Waals surface area contributed by atoms with Gasteiger partial charge in [-0.05, 0) is 43.4 Å². The second-order valence-corrected chi connectivity index (χ2v) is 8.51. The normalized spacial score (nSPS) is 19.6. The van der Waals surface area contributed by atoms with Crippen molar-refractivity contribution in [1.82, 2.24) is 20.9 Å². The molecule has 1 saturated carbocycles. The summed E-state index contributed by atoms with van der Waals surface area (Å²) in [7, 11) is 1.57. The van der Waals surface area contributed by atoms with E-state index in [1.54, 1.807) is 13.2 Å². The molecule has 3 amide bonds. The van der Waals surface area contributed by atoms with E-state index in [9.17, 15) is 19.6 Å². The number of ether oxygens (including phenoxy) is 1. The van der Waals surface area contributed by atoms with Crippen molar-refractivity contribution < 1.29 is 19.1 Å². The van der Waals surface area contributed by atoms with Crippen LogP contribution in [-0.2, 0) is 9.59 Å². The molecule has 2 heterocycles. The van der Waals surface area contributed by atoms with Crippen LogP contribution >= 0.6 is 0 Å². The second-order valence-electron chi connectivity index (χ2n) is 8.51. The molecule has 3 atom stereocenters. The molecule has 9 heteroatoms. The van der Waals surface area contributed by atoms with Crippen LogP contribution in [0.25, 0.3) is 10.9 Å². The maximum absolute atomic E-state index is 13.0. The number of carbonyl (C=O) groups is 3. The van der Waals surface area contributed by atoms with Gasteiger partial charge < -0.3 is 25.7 Å². The molecule has 1 aliphatic heterocycles. The Bertz CT molecular complexity index is 1070. The number of benzene rings is 1. The molecule has 2 aromatic rings. The molecule has 2 aliphatic rings. The number of H-pyrrole nitrogens is 1. The van der Waals surface area contributed by atoms with Crippen LogP contribution < -0.4 is 20.7 Å². The second kappa shape index (κ2) is 9.30. The van der Waals surface area contributed by atoms with Crippen LogP contribution in [0.4, 0.5) is 0 Å². The Morgan fingerprint density at radius 3 is 2.72 bits per heavy atom. The minimum Gasteiger partial charge on any atom is -0.496 e. The van der Waals surface area contributed by atoms with Crippen molar-refractivity contribution in [2.75, 3.05) is 13.7 Å². The van der Waals surface area contributed by atoms with E-state index in [1.807, 2.05) is 18.2 Å². The lowest BCUT2D eigenvalue weighted by Crippen LogP contribution is -2.50. The van der Waals surface area contributed by atoms with Gasteiger partial charge in [-0.3, -0.25) is 14.4 Å². The first-order valence-electron chi connectivity index (χ1n) is 10.9. The van der Waals surface area contributed by atoms with Crippen molar-refractivity contribution in [3.63, 3.8) is 0 Å². The molecule has 9 nitrogen and oxygen atoms in total. The topological polar surface area (TPSA) is 136 Å². The van der Waals surface area contributed by atoms with Crippen LogP contribution in [0.5, 0.6) is 5.75 Å². The van der Waals surface area contributed by atoms with Crippen LogP contribution in [0.3, 0.4) is 0 Å². The highest BCUT2D eigenvalue weighted by Crippen LogP contribution is 2.34. The summed E-state index contributed by atoms with van der Waals surface area (Å²) in [4.78, 5) is 40.8. The summed E-state index contributed by atoms with van der Waals surface area (Å²) in [6, 6.07) is 7.73. The van der Waals surface area contributed by atoms with Crippen molar-refractivity contribution in [3.8, 4) is 11.8 Å². The van der Waals surface area contributed by atoms with Crippen molar-refractivity contribution in [1.29, 1.82) is 5.26 Å². The lowest BCUT2D eigenvalue weighted by Gasteiger charge is -2.21. The van der Waals surface area contributed by atoms with Gasteiger partial charge in [0.2, 0.25) is 11.8 Å². The summed E-state index contributed by atoms with van der Waals surface area (Å²) in [6.45, 7) is 0.589. The van der Waals surface area contributed by atoms with Crippen molar-refractivity contribution in [2.24, 2.45) is 11.8 Å². The first kappa shape index (κ1) is 21.7. The zero-order chi connectivity index (χ0) is 22.7. The molecule has 4 rings (SSSR count). The lowest BCUT2D eigenvalue weighted by molar-refractivity contribution is -0.125. The van der Waals surface area contributed by atoms with E-state index in [-0.39, 0.29) is 18.2 Å². The highest BCUT2D eigenvalue weighted by atomic mass is 16.5. The molecule has 0 radical (unpaired) electrons. The average molecular weight is 438 g/mol. The van der Waals surface area contributed by atoms with Crippen LogP contribution in [0, 0.1) is 23.2 Å².